The monoisotopic (exact) mass is 324 g/mol. The smallest absolute Gasteiger partial charge is 0.270 e. The molecule has 6 nitrogen and oxygen atoms in total. The van der Waals surface area contributed by atoms with Gasteiger partial charge in [-0.15, -0.1) is 0 Å². The Bertz CT molecular complexity index is 712. The maximum absolute atomic E-state index is 12.2. The van der Waals surface area contributed by atoms with Gasteiger partial charge in [-0.05, 0) is 37.1 Å². The molecule has 124 valence electrons. The van der Waals surface area contributed by atoms with Gasteiger partial charge >= 0.3 is 0 Å². The number of hydrogen-bond acceptors (Lipinski definition) is 4. The third kappa shape index (κ3) is 4.16. The topological polar surface area (TPSA) is 84.0 Å². The van der Waals surface area contributed by atoms with Gasteiger partial charge in [-0.1, -0.05) is 18.9 Å². The predicted molar refractivity (Wildman–Crippen MR) is 89.4 cm³/mol. The van der Waals surface area contributed by atoms with Gasteiger partial charge in [-0.2, -0.15) is 0 Å². The molecule has 2 aromatic rings. The molecule has 1 aliphatic rings. The molecule has 3 rings (SSSR count). The Hall–Kier alpha value is -2.76. The summed E-state index contributed by atoms with van der Waals surface area (Å²) in [5.41, 5.74) is 1.46. The van der Waals surface area contributed by atoms with E-state index in [-0.39, 0.29) is 23.6 Å². The predicted octanol–water partition coefficient (Wildman–Crippen LogP) is 2.08. The van der Waals surface area contributed by atoms with Crippen LogP contribution in [0.4, 0.5) is 0 Å². The van der Waals surface area contributed by atoms with Gasteiger partial charge in [-0.25, -0.2) is 0 Å². The van der Waals surface area contributed by atoms with E-state index in [0.29, 0.717) is 12.1 Å². The first-order valence-electron chi connectivity index (χ1n) is 8.17. The average Bonchev–Trinajstić information content (AvgIpc) is 3.13. The number of aromatic nitrogens is 2. The Morgan fingerprint density at radius 1 is 1.04 bits per heavy atom. The molecule has 0 aliphatic heterocycles. The van der Waals surface area contributed by atoms with Crippen LogP contribution in [0.25, 0.3) is 0 Å². The van der Waals surface area contributed by atoms with E-state index >= 15 is 0 Å². The summed E-state index contributed by atoms with van der Waals surface area (Å²) in [6.45, 7) is 0.339. The summed E-state index contributed by atoms with van der Waals surface area (Å²) in [6.07, 6.45) is 7.48. The van der Waals surface area contributed by atoms with Crippen molar-refractivity contribution in [3.05, 3.63) is 59.7 Å². The van der Waals surface area contributed by atoms with Crippen LogP contribution in [-0.2, 0) is 6.54 Å². The molecule has 0 spiro atoms. The average molecular weight is 324 g/mol. The molecule has 1 saturated carbocycles. The van der Waals surface area contributed by atoms with Crippen molar-refractivity contribution in [1.82, 2.24) is 20.6 Å². The number of hydrogen-bond donors (Lipinski definition) is 2. The first kappa shape index (κ1) is 16.1. The van der Waals surface area contributed by atoms with Crippen molar-refractivity contribution in [2.75, 3.05) is 0 Å². The van der Waals surface area contributed by atoms with Gasteiger partial charge in [0, 0.05) is 24.0 Å². The first-order valence-corrected chi connectivity index (χ1v) is 8.17. The summed E-state index contributed by atoms with van der Waals surface area (Å²) in [5.74, 6) is -0.473. The zero-order valence-corrected chi connectivity index (χ0v) is 13.4. The third-order valence-corrected chi connectivity index (χ3v) is 4.10. The maximum atomic E-state index is 12.2. The van der Waals surface area contributed by atoms with Gasteiger partial charge in [0.1, 0.15) is 5.69 Å². The van der Waals surface area contributed by atoms with Crippen molar-refractivity contribution in [2.45, 2.75) is 38.3 Å². The Kier molecular flexibility index (Phi) is 5.15. The van der Waals surface area contributed by atoms with Gasteiger partial charge in [0.2, 0.25) is 0 Å². The second kappa shape index (κ2) is 7.68. The van der Waals surface area contributed by atoms with Crippen molar-refractivity contribution in [3.8, 4) is 0 Å². The van der Waals surface area contributed by atoms with E-state index in [2.05, 4.69) is 20.6 Å². The Morgan fingerprint density at radius 2 is 1.88 bits per heavy atom. The summed E-state index contributed by atoms with van der Waals surface area (Å²) < 4.78 is 0. The largest absolute Gasteiger partial charge is 0.348 e. The molecule has 6 heteroatoms. The number of carbonyl (C=O) groups excluding carboxylic acids is 2. The molecule has 0 aromatic carbocycles. The van der Waals surface area contributed by atoms with Crippen molar-refractivity contribution in [1.29, 1.82) is 0 Å². The number of pyridine rings is 2. The second-order valence-corrected chi connectivity index (χ2v) is 5.89. The van der Waals surface area contributed by atoms with E-state index in [1.54, 1.807) is 12.3 Å². The molecule has 2 N–H and O–H groups in total. The lowest BCUT2D eigenvalue weighted by Crippen LogP contribution is -2.33. The minimum atomic E-state index is -0.252. The van der Waals surface area contributed by atoms with Crippen LogP contribution in [-0.4, -0.2) is 27.8 Å². The Balaban J connectivity index is 1.61. The highest BCUT2D eigenvalue weighted by molar-refractivity contribution is 5.98. The van der Waals surface area contributed by atoms with Crippen molar-refractivity contribution >= 4 is 11.8 Å². The number of amides is 2. The molecular weight excluding hydrogens is 304 g/mol. The molecule has 1 aliphatic carbocycles. The van der Waals surface area contributed by atoms with Gasteiger partial charge in [0.25, 0.3) is 11.8 Å². The van der Waals surface area contributed by atoms with Crippen LogP contribution in [0, 0.1) is 0 Å². The lowest BCUT2D eigenvalue weighted by molar-refractivity contribution is 0.0933. The summed E-state index contributed by atoms with van der Waals surface area (Å²) >= 11 is 0. The normalized spacial score (nSPS) is 14.3. The molecule has 1 fully saturated rings. The summed E-state index contributed by atoms with van der Waals surface area (Å²) in [4.78, 5) is 32.7. The Labute approximate surface area is 140 Å². The molecule has 0 radical (unpaired) electrons. The van der Waals surface area contributed by atoms with Gasteiger partial charge in [-0.3, -0.25) is 19.6 Å². The molecule has 2 heterocycles. The van der Waals surface area contributed by atoms with Crippen molar-refractivity contribution in [2.24, 2.45) is 0 Å². The van der Waals surface area contributed by atoms with Crippen LogP contribution in [0.1, 0.15) is 52.2 Å². The number of nitrogens with zero attached hydrogens (tertiary/aromatic N) is 2. The summed E-state index contributed by atoms with van der Waals surface area (Å²) in [5, 5.41) is 5.77. The molecule has 2 amide bonds. The maximum Gasteiger partial charge on any atom is 0.270 e. The van der Waals surface area contributed by atoms with Crippen LogP contribution < -0.4 is 10.6 Å². The number of rotatable bonds is 5. The highest BCUT2D eigenvalue weighted by Crippen LogP contribution is 2.18. The fourth-order valence-corrected chi connectivity index (χ4v) is 2.80. The van der Waals surface area contributed by atoms with Gasteiger partial charge < -0.3 is 10.6 Å². The zero-order valence-electron chi connectivity index (χ0n) is 13.4. The highest BCUT2D eigenvalue weighted by Gasteiger charge is 2.19. The minimum absolute atomic E-state index is 0.221. The first-order chi connectivity index (χ1) is 11.7. The van der Waals surface area contributed by atoms with Gasteiger partial charge in [0.15, 0.2) is 0 Å². The molecule has 2 aromatic heterocycles. The second-order valence-electron chi connectivity index (χ2n) is 5.89. The van der Waals surface area contributed by atoms with Crippen LogP contribution in [0.2, 0.25) is 0 Å². The number of nitrogens with one attached hydrogen (secondary N) is 2. The van der Waals surface area contributed by atoms with E-state index in [1.165, 1.54) is 12.3 Å². The van der Waals surface area contributed by atoms with Crippen LogP contribution >= 0.6 is 0 Å². The quantitative estimate of drug-likeness (QED) is 0.882. The minimum Gasteiger partial charge on any atom is -0.348 e. The van der Waals surface area contributed by atoms with Crippen LogP contribution in [0.5, 0.6) is 0 Å². The van der Waals surface area contributed by atoms with Crippen molar-refractivity contribution < 1.29 is 9.59 Å². The fourth-order valence-electron chi connectivity index (χ4n) is 2.80. The highest BCUT2D eigenvalue weighted by atomic mass is 16.2. The van der Waals surface area contributed by atoms with E-state index in [9.17, 15) is 9.59 Å². The van der Waals surface area contributed by atoms with Gasteiger partial charge in [0.05, 0.1) is 12.2 Å². The van der Waals surface area contributed by atoms with Crippen molar-refractivity contribution in [3.63, 3.8) is 0 Å². The van der Waals surface area contributed by atoms with E-state index < -0.39 is 0 Å². The van der Waals surface area contributed by atoms with E-state index in [0.717, 1.165) is 31.4 Å². The third-order valence-electron chi connectivity index (χ3n) is 4.10. The fraction of sp³-hybridized carbons (Fsp3) is 0.333. The Morgan fingerprint density at radius 3 is 2.62 bits per heavy atom. The summed E-state index contributed by atoms with van der Waals surface area (Å²) in [6, 6.07) is 8.88. The molecule has 24 heavy (non-hydrogen) atoms. The molecule has 0 atom stereocenters. The molecule has 0 saturated heterocycles. The van der Waals surface area contributed by atoms with Crippen LogP contribution in [0.3, 0.4) is 0 Å². The van der Waals surface area contributed by atoms with E-state index in [1.807, 2.05) is 18.2 Å². The zero-order chi connectivity index (χ0) is 16.8. The lowest BCUT2D eigenvalue weighted by Gasteiger charge is -2.11. The molecule has 0 unspecified atom stereocenters. The SMILES string of the molecule is O=C(NCc1ccccn1)c1ccnc(C(=O)NC2CCCC2)c1. The standard InChI is InChI=1S/C18H20N4O2/c23-17(21-12-15-7-3-4-9-19-15)13-8-10-20-16(11-13)18(24)22-14-5-1-2-6-14/h3-4,7-11,14H,1-2,5-6,12H2,(H,21,23)(H,22,24). The van der Waals surface area contributed by atoms with E-state index in [4.69, 9.17) is 0 Å². The molecule has 0 bridgehead atoms. The number of carbonyl (C=O) groups is 2. The van der Waals surface area contributed by atoms with Crippen LogP contribution in [0.15, 0.2) is 42.7 Å². The molecular formula is C18H20N4O2. The summed E-state index contributed by atoms with van der Waals surface area (Å²) in [7, 11) is 0. The lowest BCUT2D eigenvalue weighted by atomic mass is 10.2.